The van der Waals surface area contributed by atoms with Crippen molar-refractivity contribution >= 4 is 12.0 Å². The average Bonchev–Trinajstić information content (AvgIpc) is 2.64. The van der Waals surface area contributed by atoms with Gasteiger partial charge in [0.1, 0.15) is 18.4 Å². The Balaban J connectivity index is 1.89. The minimum absolute atomic E-state index is 0.115. The van der Waals surface area contributed by atoms with Crippen LogP contribution in [0.25, 0.3) is 0 Å². The molecule has 0 heterocycles. The Hall–Kier alpha value is -3.13. The fourth-order valence-corrected chi connectivity index (χ4v) is 2.21. The van der Waals surface area contributed by atoms with Crippen molar-refractivity contribution in [1.82, 2.24) is 5.43 Å². The lowest BCUT2D eigenvalue weighted by molar-refractivity contribution is -0.119. The number of rotatable bonds is 8. The second kappa shape index (κ2) is 9.24. The van der Waals surface area contributed by atoms with Crippen molar-refractivity contribution in [2.75, 3.05) is 0 Å². The molecule has 0 aromatic heterocycles. The molecule has 5 heteroatoms. The molecule has 128 valence electrons. The number of nitriles is 1. The molecule has 0 bridgehead atoms. The van der Waals surface area contributed by atoms with Crippen LogP contribution in [0.5, 0.6) is 5.75 Å². The molecule has 5 nitrogen and oxygen atoms in total. The molecule has 0 radical (unpaired) electrons. The molecule has 0 amide bonds. The third-order valence-corrected chi connectivity index (χ3v) is 3.70. The molecule has 0 fully saturated rings. The van der Waals surface area contributed by atoms with E-state index in [4.69, 9.17) is 10.00 Å². The van der Waals surface area contributed by atoms with Gasteiger partial charge in [0, 0.05) is 0 Å². The van der Waals surface area contributed by atoms with E-state index in [1.165, 1.54) is 6.92 Å². The summed E-state index contributed by atoms with van der Waals surface area (Å²) in [6, 6.07) is 18.9. The smallest absolute Gasteiger partial charge is 0.154 e. The normalized spacial score (nSPS) is 13.0. The Morgan fingerprint density at radius 3 is 2.52 bits per heavy atom. The molecule has 2 aromatic rings. The first-order valence-corrected chi connectivity index (χ1v) is 8.05. The predicted molar refractivity (Wildman–Crippen MR) is 97.2 cm³/mol. The Morgan fingerprint density at radius 2 is 1.92 bits per heavy atom. The summed E-state index contributed by atoms with van der Waals surface area (Å²) < 4.78 is 5.73. The molecule has 0 spiro atoms. The highest BCUT2D eigenvalue weighted by Crippen LogP contribution is 2.13. The van der Waals surface area contributed by atoms with E-state index in [9.17, 15) is 4.79 Å². The summed E-state index contributed by atoms with van der Waals surface area (Å²) in [4.78, 5) is 11.5. The van der Waals surface area contributed by atoms with E-state index < -0.39 is 12.0 Å². The minimum Gasteiger partial charge on any atom is -0.489 e. The van der Waals surface area contributed by atoms with Gasteiger partial charge in [-0.05, 0) is 49.2 Å². The first kappa shape index (κ1) is 18.2. The second-order valence-electron chi connectivity index (χ2n) is 5.74. The molecule has 25 heavy (non-hydrogen) atoms. The van der Waals surface area contributed by atoms with Gasteiger partial charge in [-0.1, -0.05) is 30.3 Å². The zero-order valence-electron chi connectivity index (χ0n) is 14.3. The van der Waals surface area contributed by atoms with Crippen molar-refractivity contribution in [1.29, 1.82) is 5.26 Å². The number of nitrogens with zero attached hydrogens (tertiary/aromatic N) is 2. The lowest BCUT2D eigenvalue weighted by Gasteiger charge is -2.14. The fourth-order valence-electron chi connectivity index (χ4n) is 2.21. The number of hydrogen-bond acceptors (Lipinski definition) is 5. The Bertz CT molecular complexity index is 749. The van der Waals surface area contributed by atoms with Crippen molar-refractivity contribution < 1.29 is 9.53 Å². The molecule has 2 rings (SSSR count). The third-order valence-electron chi connectivity index (χ3n) is 3.70. The van der Waals surface area contributed by atoms with E-state index in [2.05, 4.69) is 16.6 Å². The molecule has 2 atom stereocenters. The second-order valence-corrected chi connectivity index (χ2v) is 5.74. The highest BCUT2D eigenvalue weighted by molar-refractivity contribution is 5.83. The van der Waals surface area contributed by atoms with Gasteiger partial charge in [-0.3, -0.25) is 10.2 Å². The van der Waals surface area contributed by atoms with Crippen molar-refractivity contribution in [2.45, 2.75) is 26.5 Å². The van der Waals surface area contributed by atoms with E-state index in [0.29, 0.717) is 6.61 Å². The quantitative estimate of drug-likeness (QED) is 0.593. The molecule has 2 unspecified atom stereocenters. The van der Waals surface area contributed by atoms with Crippen molar-refractivity contribution in [3.8, 4) is 11.8 Å². The molecular formula is C20H21N3O2. The van der Waals surface area contributed by atoms with E-state index >= 15 is 0 Å². The van der Waals surface area contributed by atoms with Gasteiger partial charge in [-0.15, -0.1) is 0 Å². The van der Waals surface area contributed by atoms with E-state index in [1.807, 2.05) is 54.6 Å². The van der Waals surface area contributed by atoms with E-state index in [-0.39, 0.29) is 5.78 Å². The van der Waals surface area contributed by atoms with Gasteiger partial charge in [-0.2, -0.15) is 10.4 Å². The number of Topliss-reactive ketones (excluding diaryl/α,β-unsaturated/α-hetero) is 1. The monoisotopic (exact) mass is 335 g/mol. The zero-order chi connectivity index (χ0) is 18.1. The van der Waals surface area contributed by atoms with Crippen molar-refractivity contribution in [3.63, 3.8) is 0 Å². The summed E-state index contributed by atoms with van der Waals surface area (Å²) in [6.45, 7) is 3.65. The van der Waals surface area contributed by atoms with Gasteiger partial charge in [0.05, 0.1) is 18.2 Å². The summed E-state index contributed by atoms with van der Waals surface area (Å²) in [6.07, 6.45) is 1.61. The van der Waals surface area contributed by atoms with Gasteiger partial charge >= 0.3 is 0 Å². The number of ether oxygens (including phenoxy) is 1. The van der Waals surface area contributed by atoms with Crippen LogP contribution < -0.4 is 10.2 Å². The molecule has 0 saturated carbocycles. The number of ketones is 1. The van der Waals surface area contributed by atoms with E-state index in [1.54, 1.807) is 13.1 Å². The summed E-state index contributed by atoms with van der Waals surface area (Å²) >= 11 is 0. The summed E-state index contributed by atoms with van der Waals surface area (Å²) in [5.74, 6) is 0.216. The predicted octanol–water partition coefficient (Wildman–Crippen LogP) is 3.31. The number of hydrazone groups is 1. The van der Waals surface area contributed by atoms with Crippen molar-refractivity contribution in [2.24, 2.45) is 11.0 Å². The molecule has 0 saturated heterocycles. The maximum atomic E-state index is 11.5. The number of nitrogens with one attached hydrogen (secondary N) is 1. The van der Waals surface area contributed by atoms with Gasteiger partial charge in [0.15, 0.2) is 5.78 Å². The standard InChI is InChI=1S/C20H21N3O2/c1-15(12-21)20(16(2)24)23-22-13-17-8-10-19(11-9-17)25-14-18-6-4-3-5-7-18/h3-11,13,15,20,23H,14H2,1-2H3. The van der Waals surface area contributed by atoms with Crippen molar-refractivity contribution in [3.05, 3.63) is 65.7 Å². The summed E-state index contributed by atoms with van der Waals surface area (Å²) in [7, 11) is 0. The summed E-state index contributed by atoms with van der Waals surface area (Å²) in [5.41, 5.74) is 4.72. The number of benzene rings is 2. The first-order valence-electron chi connectivity index (χ1n) is 8.05. The number of carbonyl (C=O) groups excluding carboxylic acids is 1. The highest BCUT2D eigenvalue weighted by atomic mass is 16.5. The van der Waals surface area contributed by atoms with Crippen LogP contribution in [0.2, 0.25) is 0 Å². The maximum absolute atomic E-state index is 11.5. The topological polar surface area (TPSA) is 74.5 Å². The van der Waals surface area contributed by atoms with Crippen LogP contribution >= 0.6 is 0 Å². The maximum Gasteiger partial charge on any atom is 0.154 e. The molecular weight excluding hydrogens is 314 g/mol. The Kier molecular flexibility index (Phi) is 6.73. The molecule has 2 aromatic carbocycles. The first-order chi connectivity index (χ1) is 12.1. The van der Waals surface area contributed by atoms with Gasteiger partial charge in [0.25, 0.3) is 0 Å². The van der Waals surface area contributed by atoms with Gasteiger partial charge in [-0.25, -0.2) is 0 Å². The van der Waals surface area contributed by atoms with E-state index in [0.717, 1.165) is 16.9 Å². The van der Waals surface area contributed by atoms with Gasteiger partial charge < -0.3 is 4.74 Å². The zero-order valence-corrected chi connectivity index (χ0v) is 14.3. The molecule has 0 aliphatic heterocycles. The highest BCUT2D eigenvalue weighted by Gasteiger charge is 2.20. The van der Waals surface area contributed by atoms with Crippen LogP contribution in [0.3, 0.4) is 0 Å². The van der Waals surface area contributed by atoms with Gasteiger partial charge in [0.2, 0.25) is 0 Å². The van der Waals surface area contributed by atoms with Crippen LogP contribution in [0.4, 0.5) is 0 Å². The Labute approximate surface area is 147 Å². The van der Waals surface area contributed by atoms with Crippen LogP contribution in [0.1, 0.15) is 25.0 Å². The molecule has 1 N–H and O–H groups in total. The van der Waals surface area contributed by atoms with Crippen LogP contribution in [0, 0.1) is 17.2 Å². The molecule has 0 aliphatic carbocycles. The number of hydrogen-bond donors (Lipinski definition) is 1. The van der Waals surface area contributed by atoms with Crippen LogP contribution in [-0.2, 0) is 11.4 Å². The largest absolute Gasteiger partial charge is 0.489 e. The fraction of sp³-hybridized carbons (Fsp3) is 0.250. The lowest BCUT2D eigenvalue weighted by atomic mass is 10.0. The van der Waals surface area contributed by atoms with Crippen LogP contribution in [0.15, 0.2) is 59.7 Å². The minimum atomic E-state index is -0.602. The Morgan fingerprint density at radius 1 is 1.24 bits per heavy atom. The molecule has 0 aliphatic rings. The lowest BCUT2D eigenvalue weighted by Crippen LogP contribution is -2.37. The SMILES string of the molecule is CC(=O)C(NN=Cc1ccc(OCc2ccccc2)cc1)C(C)C#N. The van der Waals surface area contributed by atoms with Crippen LogP contribution in [-0.4, -0.2) is 18.0 Å². The third kappa shape index (κ3) is 5.78. The number of carbonyl (C=O) groups is 1. The average molecular weight is 335 g/mol. The summed E-state index contributed by atoms with van der Waals surface area (Å²) in [5, 5.41) is 13.0.